The number of aliphatic hydroxyl groups excluding tert-OH is 1. The molecule has 0 radical (unpaired) electrons. The Morgan fingerprint density at radius 3 is 2.86 bits per heavy atom. The number of aromatic nitrogens is 4. The van der Waals surface area contributed by atoms with Crippen LogP contribution in [0, 0.1) is 6.92 Å². The molecule has 2 rings (SSSR count). The molecule has 0 unspecified atom stereocenters. The lowest BCUT2D eigenvalue weighted by Crippen LogP contribution is -1.88. The topological polar surface area (TPSA) is 74.7 Å². The summed E-state index contributed by atoms with van der Waals surface area (Å²) in [6, 6.07) is 5.63. The Morgan fingerprint density at radius 1 is 1.36 bits per heavy atom. The summed E-state index contributed by atoms with van der Waals surface area (Å²) in [6.45, 7) is 1.77. The average Bonchev–Trinajstić information content (AvgIpc) is 2.66. The van der Waals surface area contributed by atoms with E-state index in [9.17, 15) is 0 Å². The van der Waals surface area contributed by atoms with E-state index in [0.717, 1.165) is 5.69 Å². The average molecular weight is 190 g/mol. The Kier molecular flexibility index (Phi) is 2.24. The first-order valence-electron chi connectivity index (χ1n) is 4.26. The van der Waals surface area contributed by atoms with E-state index in [0.29, 0.717) is 17.3 Å². The van der Waals surface area contributed by atoms with Crippen LogP contribution in [-0.4, -0.2) is 25.3 Å². The summed E-state index contributed by atoms with van der Waals surface area (Å²) in [5.41, 5.74) is 1.62. The summed E-state index contributed by atoms with van der Waals surface area (Å²) in [7, 11) is 0. The maximum atomic E-state index is 8.80. The lowest BCUT2D eigenvalue weighted by atomic mass is 10.3. The van der Waals surface area contributed by atoms with Crippen LogP contribution < -0.4 is 0 Å². The molecular formula is C9H10N4O. The zero-order valence-electron chi connectivity index (χ0n) is 7.73. The first kappa shape index (κ1) is 8.83. The van der Waals surface area contributed by atoms with Gasteiger partial charge in [-0.2, -0.15) is 5.10 Å². The fourth-order valence-corrected chi connectivity index (χ4v) is 1.15. The summed E-state index contributed by atoms with van der Waals surface area (Å²) in [6.07, 6.45) is 0. The van der Waals surface area contributed by atoms with Crippen molar-refractivity contribution in [3.63, 3.8) is 0 Å². The molecule has 5 heteroatoms. The van der Waals surface area contributed by atoms with Crippen LogP contribution in [0.25, 0.3) is 11.5 Å². The number of aromatic amines is 1. The van der Waals surface area contributed by atoms with Crippen LogP contribution in [0.15, 0.2) is 18.2 Å². The van der Waals surface area contributed by atoms with Crippen molar-refractivity contribution in [1.82, 2.24) is 20.2 Å². The van der Waals surface area contributed by atoms with Gasteiger partial charge in [0, 0.05) is 5.69 Å². The van der Waals surface area contributed by atoms with Crippen molar-refractivity contribution in [2.75, 3.05) is 0 Å². The smallest absolute Gasteiger partial charge is 0.199 e. The lowest BCUT2D eigenvalue weighted by Gasteiger charge is -1.94. The highest BCUT2D eigenvalue weighted by Crippen LogP contribution is 2.11. The standard InChI is InChI=1S/C9H10N4O/c1-6-3-2-4-7(10-6)9-11-8(5-14)12-13-9/h2-4,14H,5H2,1H3,(H,11,12,13). The van der Waals surface area contributed by atoms with Gasteiger partial charge in [-0.25, -0.2) is 9.97 Å². The zero-order chi connectivity index (χ0) is 9.97. The maximum Gasteiger partial charge on any atom is 0.199 e. The summed E-state index contributed by atoms with van der Waals surface area (Å²) < 4.78 is 0. The van der Waals surface area contributed by atoms with Crippen LogP contribution in [-0.2, 0) is 6.61 Å². The van der Waals surface area contributed by atoms with Crippen LogP contribution in [0.3, 0.4) is 0 Å². The number of hydrogen-bond acceptors (Lipinski definition) is 4. The van der Waals surface area contributed by atoms with Gasteiger partial charge in [0.05, 0.1) is 0 Å². The molecule has 2 aromatic heterocycles. The predicted molar refractivity (Wildman–Crippen MR) is 50.3 cm³/mol. The minimum absolute atomic E-state index is 0.140. The molecule has 2 heterocycles. The molecule has 0 saturated carbocycles. The van der Waals surface area contributed by atoms with Crippen molar-refractivity contribution in [2.45, 2.75) is 13.5 Å². The molecule has 0 bridgehead atoms. The zero-order valence-corrected chi connectivity index (χ0v) is 7.73. The van der Waals surface area contributed by atoms with Gasteiger partial charge in [0.15, 0.2) is 11.6 Å². The third-order valence-corrected chi connectivity index (χ3v) is 1.80. The van der Waals surface area contributed by atoms with Gasteiger partial charge < -0.3 is 5.11 Å². The number of aliphatic hydroxyl groups is 1. The highest BCUT2D eigenvalue weighted by Gasteiger charge is 2.05. The maximum absolute atomic E-state index is 8.80. The van der Waals surface area contributed by atoms with Crippen LogP contribution in [0.5, 0.6) is 0 Å². The summed E-state index contributed by atoms with van der Waals surface area (Å²) >= 11 is 0. The van der Waals surface area contributed by atoms with Gasteiger partial charge in [0.1, 0.15) is 12.3 Å². The third-order valence-electron chi connectivity index (χ3n) is 1.80. The van der Waals surface area contributed by atoms with E-state index in [4.69, 9.17) is 5.11 Å². The Labute approximate surface area is 80.8 Å². The molecule has 72 valence electrons. The van der Waals surface area contributed by atoms with E-state index in [2.05, 4.69) is 20.2 Å². The number of nitrogens with one attached hydrogen (secondary N) is 1. The molecule has 0 aliphatic heterocycles. The first-order valence-corrected chi connectivity index (χ1v) is 4.26. The molecule has 0 fully saturated rings. The molecule has 14 heavy (non-hydrogen) atoms. The number of aryl methyl sites for hydroxylation is 1. The van der Waals surface area contributed by atoms with Crippen molar-refractivity contribution < 1.29 is 5.11 Å². The summed E-state index contributed by atoms with van der Waals surface area (Å²) in [5.74, 6) is 0.959. The normalized spacial score (nSPS) is 10.4. The monoisotopic (exact) mass is 190 g/mol. The lowest BCUT2D eigenvalue weighted by molar-refractivity contribution is 0.272. The van der Waals surface area contributed by atoms with Gasteiger partial charge in [0.2, 0.25) is 0 Å². The van der Waals surface area contributed by atoms with Gasteiger partial charge in [0.25, 0.3) is 0 Å². The second-order valence-corrected chi connectivity index (χ2v) is 2.93. The SMILES string of the molecule is Cc1cccc(-c2n[nH]c(CO)n2)n1. The van der Waals surface area contributed by atoms with Crippen LogP contribution >= 0.6 is 0 Å². The van der Waals surface area contributed by atoms with Gasteiger partial charge >= 0.3 is 0 Å². The molecule has 0 amide bonds. The van der Waals surface area contributed by atoms with Gasteiger partial charge in [-0.3, -0.25) is 5.10 Å². The Hall–Kier alpha value is -1.75. The Bertz CT molecular complexity index is 438. The third kappa shape index (κ3) is 1.62. The molecule has 2 aromatic rings. The largest absolute Gasteiger partial charge is 0.388 e. The fourth-order valence-electron chi connectivity index (χ4n) is 1.15. The number of rotatable bonds is 2. The van der Waals surface area contributed by atoms with Gasteiger partial charge in [-0.05, 0) is 19.1 Å². The second kappa shape index (κ2) is 3.55. The van der Waals surface area contributed by atoms with Crippen molar-refractivity contribution in [1.29, 1.82) is 0 Å². The van der Waals surface area contributed by atoms with Crippen molar-refractivity contribution >= 4 is 0 Å². The van der Waals surface area contributed by atoms with Crippen molar-refractivity contribution in [2.24, 2.45) is 0 Å². The van der Waals surface area contributed by atoms with Gasteiger partial charge in [-0.15, -0.1) is 0 Å². The summed E-state index contributed by atoms with van der Waals surface area (Å²) in [4.78, 5) is 8.33. The number of hydrogen-bond donors (Lipinski definition) is 2. The molecular weight excluding hydrogens is 180 g/mol. The van der Waals surface area contributed by atoms with Crippen molar-refractivity contribution in [3.05, 3.63) is 29.7 Å². The molecule has 0 spiro atoms. The highest BCUT2D eigenvalue weighted by atomic mass is 16.3. The van der Waals surface area contributed by atoms with Gasteiger partial charge in [-0.1, -0.05) is 6.07 Å². The summed E-state index contributed by atoms with van der Waals surface area (Å²) in [5, 5.41) is 15.4. The molecule has 0 saturated heterocycles. The van der Waals surface area contributed by atoms with Crippen LogP contribution in [0.4, 0.5) is 0 Å². The first-order chi connectivity index (χ1) is 6.79. The minimum atomic E-state index is -0.140. The Balaban J connectivity index is 2.39. The van der Waals surface area contributed by atoms with Crippen LogP contribution in [0.1, 0.15) is 11.5 Å². The minimum Gasteiger partial charge on any atom is -0.388 e. The van der Waals surface area contributed by atoms with E-state index < -0.39 is 0 Å². The van der Waals surface area contributed by atoms with E-state index in [1.54, 1.807) is 0 Å². The number of nitrogens with zero attached hydrogens (tertiary/aromatic N) is 3. The van der Waals surface area contributed by atoms with E-state index >= 15 is 0 Å². The quantitative estimate of drug-likeness (QED) is 0.729. The Morgan fingerprint density at radius 2 is 2.21 bits per heavy atom. The number of pyridine rings is 1. The molecule has 0 atom stereocenters. The number of H-pyrrole nitrogens is 1. The molecule has 2 N–H and O–H groups in total. The van der Waals surface area contributed by atoms with E-state index in [-0.39, 0.29) is 6.61 Å². The fraction of sp³-hybridized carbons (Fsp3) is 0.222. The molecule has 0 aliphatic carbocycles. The predicted octanol–water partition coefficient (Wildman–Crippen LogP) is 0.667. The van der Waals surface area contributed by atoms with E-state index in [1.807, 2.05) is 25.1 Å². The molecule has 0 aromatic carbocycles. The molecule has 0 aliphatic rings. The second-order valence-electron chi connectivity index (χ2n) is 2.93. The van der Waals surface area contributed by atoms with Crippen molar-refractivity contribution in [3.8, 4) is 11.5 Å². The van der Waals surface area contributed by atoms with E-state index in [1.165, 1.54) is 0 Å². The molecule has 5 nitrogen and oxygen atoms in total. The van der Waals surface area contributed by atoms with Crippen LogP contribution in [0.2, 0.25) is 0 Å². The highest BCUT2D eigenvalue weighted by molar-refractivity contribution is 5.48.